The minimum Gasteiger partial charge on any atom is -0.452 e. The molecule has 0 amide bonds. The molecule has 0 aliphatic heterocycles. The standard InChI is InChI=1S/C10H8O2S/c1-7-2-5-10(13-7)9-4-3-8(6-11)12-9/h2-6H,1H3. The van der Waals surface area contributed by atoms with Crippen LogP contribution in [-0.4, -0.2) is 6.29 Å². The number of hydrogen-bond acceptors (Lipinski definition) is 3. The van der Waals surface area contributed by atoms with Crippen LogP contribution in [0.15, 0.2) is 28.7 Å². The van der Waals surface area contributed by atoms with Crippen LogP contribution < -0.4 is 0 Å². The highest BCUT2D eigenvalue weighted by Gasteiger charge is 2.05. The van der Waals surface area contributed by atoms with E-state index in [9.17, 15) is 4.79 Å². The van der Waals surface area contributed by atoms with Crippen molar-refractivity contribution in [2.45, 2.75) is 6.92 Å². The molecule has 0 bridgehead atoms. The molecule has 3 heteroatoms. The summed E-state index contributed by atoms with van der Waals surface area (Å²) in [6.07, 6.45) is 0.712. The maximum Gasteiger partial charge on any atom is 0.185 e. The Labute approximate surface area is 79.8 Å². The van der Waals surface area contributed by atoms with E-state index in [0.717, 1.165) is 10.6 Å². The number of furan rings is 1. The number of carbonyl (C=O) groups excluding carboxylic acids is 1. The van der Waals surface area contributed by atoms with Gasteiger partial charge in [0.2, 0.25) is 0 Å². The summed E-state index contributed by atoms with van der Waals surface area (Å²) < 4.78 is 5.27. The third kappa shape index (κ3) is 1.55. The van der Waals surface area contributed by atoms with Gasteiger partial charge in [0.15, 0.2) is 12.0 Å². The molecule has 0 saturated heterocycles. The fourth-order valence-corrected chi connectivity index (χ4v) is 1.94. The van der Waals surface area contributed by atoms with Gasteiger partial charge >= 0.3 is 0 Å². The summed E-state index contributed by atoms with van der Waals surface area (Å²) >= 11 is 1.65. The summed E-state index contributed by atoms with van der Waals surface area (Å²) in [6, 6.07) is 7.52. The third-order valence-corrected chi connectivity index (χ3v) is 2.74. The van der Waals surface area contributed by atoms with Gasteiger partial charge in [0.1, 0.15) is 5.76 Å². The van der Waals surface area contributed by atoms with Crippen molar-refractivity contribution >= 4 is 17.6 Å². The second-order valence-corrected chi connectivity index (χ2v) is 4.02. The summed E-state index contributed by atoms with van der Waals surface area (Å²) in [7, 11) is 0. The molecule has 0 aliphatic carbocycles. The summed E-state index contributed by atoms with van der Waals surface area (Å²) in [6.45, 7) is 2.04. The molecule has 66 valence electrons. The molecule has 2 rings (SSSR count). The Hall–Kier alpha value is -1.35. The highest BCUT2D eigenvalue weighted by molar-refractivity contribution is 7.15. The smallest absolute Gasteiger partial charge is 0.185 e. The van der Waals surface area contributed by atoms with Crippen LogP contribution >= 0.6 is 11.3 Å². The monoisotopic (exact) mass is 192 g/mol. The topological polar surface area (TPSA) is 30.2 Å². The van der Waals surface area contributed by atoms with Crippen molar-refractivity contribution in [2.75, 3.05) is 0 Å². The lowest BCUT2D eigenvalue weighted by Crippen LogP contribution is -1.67. The van der Waals surface area contributed by atoms with Gasteiger partial charge in [-0.3, -0.25) is 4.79 Å². The van der Waals surface area contributed by atoms with Gasteiger partial charge in [-0.2, -0.15) is 0 Å². The van der Waals surface area contributed by atoms with E-state index in [1.165, 1.54) is 4.88 Å². The maximum atomic E-state index is 10.4. The zero-order chi connectivity index (χ0) is 9.26. The van der Waals surface area contributed by atoms with Gasteiger partial charge < -0.3 is 4.42 Å². The highest BCUT2D eigenvalue weighted by Crippen LogP contribution is 2.28. The molecule has 2 aromatic heterocycles. The van der Waals surface area contributed by atoms with E-state index in [0.29, 0.717) is 12.0 Å². The molecule has 0 aromatic carbocycles. The summed E-state index contributed by atoms with van der Waals surface area (Å²) in [5.41, 5.74) is 0. The van der Waals surface area contributed by atoms with Crippen molar-refractivity contribution in [1.29, 1.82) is 0 Å². The van der Waals surface area contributed by atoms with Crippen molar-refractivity contribution in [1.82, 2.24) is 0 Å². The van der Waals surface area contributed by atoms with Crippen LogP contribution in [0.5, 0.6) is 0 Å². The molecule has 2 heterocycles. The molecule has 0 aliphatic rings. The average Bonchev–Trinajstić information content (AvgIpc) is 2.71. The van der Waals surface area contributed by atoms with Gasteiger partial charge in [0.25, 0.3) is 0 Å². The molecule has 2 aromatic rings. The Kier molecular flexibility index (Phi) is 2.02. The van der Waals surface area contributed by atoms with Crippen LogP contribution in [0.2, 0.25) is 0 Å². The van der Waals surface area contributed by atoms with Gasteiger partial charge in [-0.25, -0.2) is 0 Å². The van der Waals surface area contributed by atoms with Gasteiger partial charge in [0, 0.05) is 4.88 Å². The minimum atomic E-state index is 0.376. The lowest BCUT2D eigenvalue weighted by Gasteiger charge is -1.87. The van der Waals surface area contributed by atoms with Gasteiger partial charge in [-0.1, -0.05) is 0 Å². The van der Waals surface area contributed by atoms with E-state index >= 15 is 0 Å². The second kappa shape index (κ2) is 3.18. The van der Waals surface area contributed by atoms with E-state index in [4.69, 9.17) is 4.42 Å². The van der Waals surface area contributed by atoms with Crippen LogP contribution in [0.3, 0.4) is 0 Å². The number of rotatable bonds is 2. The van der Waals surface area contributed by atoms with Gasteiger partial charge in [-0.15, -0.1) is 11.3 Å². The van der Waals surface area contributed by atoms with E-state index in [-0.39, 0.29) is 0 Å². The van der Waals surface area contributed by atoms with Crippen LogP contribution in [0, 0.1) is 6.92 Å². The van der Waals surface area contributed by atoms with Crippen molar-refractivity contribution in [3.05, 3.63) is 34.9 Å². The largest absolute Gasteiger partial charge is 0.452 e. The summed E-state index contributed by atoms with van der Waals surface area (Å²) in [4.78, 5) is 12.7. The number of hydrogen-bond donors (Lipinski definition) is 0. The molecule has 0 fully saturated rings. The van der Waals surface area contributed by atoms with Crippen molar-refractivity contribution in [3.63, 3.8) is 0 Å². The van der Waals surface area contributed by atoms with Crippen molar-refractivity contribution in [3.8, 4) is 10.6 Å². The molecule has 0 unspecified atom stereocenters. The summed E-state index contributed by atoms with van der Waals surface area (Å²) in [5.74, 6) is 1.14. The van der Waals surface area contributed by atoms with Crippen molar-refractivity contribution in [2.24, 2.45) is 0 Å². The third-order valence-electron chi connectivity index (χ3n) is 1.73. The van der Waals surface area contributed by atoms with Crippen LogP contribution in [0.1, 0.15) is 15.4 Å². The Bertz CT molecular complexity index is 426. The first-order valence-corrected chi connectivity index (χ1v) is 4.73. The quantitative estimate of drug-likeness (QED) is 0.684. The van der Waals surface area contributed by atoms with E-state index in [2.05, 4.69) is 0 Å². The number of aryl methyl sites for hydroxylation is 1. The van der Waals surface area contributed by atoms with E-state index in [1.54, 1.807) is 17.4 Å². The van der Waals surface area contributed by atoms with Crippen LogP contribution in [0.4, 0.5) is 0 Å². The molecule has 0 atom stereocenters. The Balaban J connectivity index is 2.40. The van der Waals surface area contributed by atoms with Gasteiger partial charge in [0.05, 0.1) is 4.88 Å². The molecule has 0 spiro atoms. The maximum absolute atomic E-state index is 10.4. The van der Waals surface area contributed by atoms with Crippen LogP contribution in [0.25, 0.3) is 10.6 Å². The Morgan fingerprint density at radius 1 is 1.31 bits per heavy atom. The first kappa shape index (κ1) is 8.26. The predicted molar refractivity (Wildman–Crippen MR) is 52.1 cm³/mol. The molecule has 2 nitrogen and oxygen atoms in total. The average molecular weight is 192 g/mol. The molecule has 0 radical (unpaired) electrons. The Morgan fingerprint density at radius 3 is 2.69 bits per heavy atom. The lowest BCUT2D eigenvalue weighted by molar-refractivity contribution is 0.110. The second-order valence-electron chi connectivity index (χ2n) is 2.73. The fraction of sp³-hybridized carbons (Fsp3) is 0.100. The fourth-order valence-electron chi connectivity index (χ4n) is 1.12. The molecular formula is C10H8O2S. The van der Waals surface area contributed by atoms with Crippen molar-refractivity contribution < 1.29 is 9.21 Å². The summed E-state index contributed by atoms with van der Waals surface area (Å²) in [5, 5.41) is 0. The first-order valence-electron chi connectivity index (χ1n) is 3.91. The zero-order valence-corrected chi connectivity index (χ0v) is 7.93. The van der Waals surface area contributed by atoms with Crippen LogP contribution in [-0.2, 0) is 0 Å². The first-order chi connectivity index (χ1) is 6.29. The molecule has 0 N–H and O–H groups in total. The molecule has 13 heavy (non-hydrogen) atoms. The number of carbonyl (C=O) groups is 1. The van der Waals surface area contributed by atoms with Gasteiger partial charge in [-0.05, 0) is 31.2 Å². The van der Waals surface area contributed by atoms with E-state index in [1.807, 2.05) is 25.1 Å². The molecular weight excluding hydrogens is 184 g/mol. The van der Waals surface area contributed by atoms with E-state index < -0.39 is 0 Å². The Morgan fingerprint density at radius 2 is 2.15 bits per heavy atom. The molecule has 0 saturated carbocycles. The predicted octanol–water partition coefficient (Wildman–Crippen LogP) is 3.13. The highest BCUT2D eigenvalue weighted by atomic mass is 32.1. The zero-order valence-electron chi connectivity index (χ0n) is 7.11. The SMILES string of the molecule is Cc1ccc(-c2ccc(C=O)o2)s1. The number of aldehydes is 1. The minimum absolute atomic E-state index is 0.376. The number of thiophene rings is 1. The lowest BCUT2D eigenvalue weighted by atomic mass is 10.3. The normalized spacial score (nSPS) is 10.2.